The van der Waals surface area contributed by atoms with E-state index in [0.29, 0.717) is 23.7 Å². The number of ether oxygens (including phenoxy) is 3. The van der Waals surface area contributed by atoms with E-state index in [1.807, 2.05) is 39.0 Å². The second-order valence-corrected chi connectivity index (χ2v) is 12.9. The van der Waals surface area contributed by atoms with Gasteiger partial charge in [0.1, 0.15) is 11.4 Å². The molecular weight excluding hydrogens is 548 g/mol. The second-order valence-electron chi connectivity index (χ2n) is 12.1. The topological polar surface area (TPSA) is 79.7 Å². The van der Waals surface area contributed by atoms with E-state index in [4.69, 9.17) is 14.2 Å². The summed E-state index contributed by atoms with van der Waals surface area (Å²) in [5, 5.41) is 1.16. The van der Waals surface area contributed by atoms with Crippen molar-refractivity contribution in [3.8, 4) is 17.0 Å². The summed E-state index contributed by atoms with van der Waals surface area (Å²) in [4.78, 5) is 31.0. The molecule has 1 aliphatic heterocycles. The fraction of sp³-hybridized carbons (Fsp3) is 0.382. The Labute approximate surface area is 250 Å². The van der Waals surface area contributed by atoms with Gasteiger partial charge in [-0.1, -0.05) is 25.3 Å². The zero-order valence-electron chi connectivity index (χ0n) is 24.8. The van der Waals surface area contributed by atoms with E-state index in [2.05, 4.69) is 33.8 Å². The van der Waals surface area contributed by atoms with Crippen molar-refractivity contribution in [3.63, 3.8) is 0 Å². The highest BCUT2D eigenvalue weighted by molar-refractivity contribution is 7.11. The van der Waals surface area contributed by atoms with Crippen molar-refractivity contribution in [2.75, 3.05) is 14.2 Å². The number of esters is 2. The second kappa shape index (κ2) is 11.1. The van der Waals surface area contributed by atoms with Gasteiger partial charge >= 0.3 is 11.9 Å². The van der Waals surface area contributed by atoms with E-state index in [1.54, 1.807) is 12.6 Å². The number of benzene rings is 2. The zero-order chi connectivity index (χ0) is 29.6. The number of fused-ring (bicyclic) bond motifs is 5. The van der Waals surface area contributed by atoms with Crippen LogP contribution in [-0.4, -0.2) is 41.3 Å². The smallest absolute Gasteiger partial charge is 0.358 e. The maximum Gasteiger partial charge on any atom is 0.358 e. The molecule has 7 nitrogen and oxygen atoms in total. The monoisotopic (exact) mass is 584 g/mol. The van der Waals surface area contributed by atoms with Gasteiger partial charge in [0.25, 0.3) is 0 Å². The quantitative estimate of drug-likeness (QED) is 0.221. The molecule has 0 N–H and O–H groups in total. The molecule has 218 valence electrons. The molecule has 4 aromatic rings. The molecule has 0 atom stereocenters. The number of allylic oxidation sites excluding steroid dienone is 1. The third-order valence-electron chi connectivity index (χ3n) is 8.16. The van der Waals surface area contributed by atoms with E-state index in [1.165, 1.54) is 43.3 Å². The van der Waals surface area contributed by atoms with Gasteiger partial charge in [-0.05, 0) is 92.6 Å². The third kappa shape index (κ3) is 5.13. The molecule has 2 aliphatic rings. The Morgan fingerprint density at radius 2 is 1.79 bits per heavy atom. The number of hydrogen-bond donors (Lipinski definition) is 0. The van der Waals surface area contributed by atoms with Crippen LogP contribution in [-0.2, 0) is 16.0 Å². The van der Waals surface area contributed by atoms with Crippen molar-refractivity contribution in [1.82, 2.24) is 9.55 Å². The minimum absolute atomic E-state index is 0.306. The summed E-state index contributed by atoms with van der Waals surface area (Å²) in [5.41, 5.74) is 8.44. The van der Waals surface area contributed by atoms with Crippen LogP contribution in [0.15, 0.2) is 41.9 Å². The van der Waals surface area contributed by atoms with Gasteiger partial charge in [0, 0.05) is 23.0 Å². The summed E-state index contributed by atoms with van der Waals surface area (Å²) < 4.78 is 18.8. The number of aromatic nitrogens is 2. The lowest BCUT2D eigenvalue weighted by atomic mass is 9.81. The van der Waals surface area contributed by atoms with Gasteiger partial charge in [0.05, 0.1) is 35.9 Å². The molecule has 0 saturated heterocycles. The first-order chi connectivity index (χ1) is 20.2. The number of methoxy groups -OCH3 is 2. The first kappa shape index (κ1) is 28.2. The van der Waals surface area contributed by atoms with Crippen LogP contribution in [0.1, 0.15) is 95.6 Å². The molecule has 0 spiro atoms. The van der Waals surface area contributed by atoms with E-state index < -0.39 is 11.6 Å². The highest BCUT2D eigenvalue weighted by atomic mass is 32.1. The Bertz CT molecular complexity index is 1720. The van der Waals surface area contributed by atoms with E-state index in [0.717, 1.165) is 56.8 Å². The molecule has 0 amide bonds. The normalized spacial score (nSPS) is 15.4. The van der Waals surface area contributed by atoms with Crippen molar-refractivity contribution in [2.24, 2.45) is 0 Å². The molecule has 1 saturated carbocycles. The summed E-state index contributed by atoms with van der Waals surface area (Å²) in [6, 6.07) is 12.2. The van der Waals surface area contributed by atoms with Crippen molar-refractivity contribution in [3.05, 3.63) is 69.2 Å². The van der Waals surface area contributed by atoms with Gasteiger partial charge < -0.3 is 18.8 Å². The molecule has 42 heavy (non-hydrogen) atoms. The first-order valence-electron chi connectivity index (χ1n) is 14.5. The minimum atomic E-state index is -0.597. The Morgan fingerprint density at radius 3 is 2.50 bits per heavy atom. The molecule has 0 unspecified atom stereocenters. The number of carbonyl (C=O) groups excluding carboxylic acids is 2. The molecule has 0 bridgehead atoms. The molecule has 2 aromatic heterocycles. The van der Waals surface area contributed by atoms with Crippen molar-refractivity contribution in [1.29, 1.82) is 0 Å². The van der Waals surface area contributed by atoms with Crippen molar-refractivity contribution in [2.45, 2.75) is 70.9 Å². The highest BCUT2D eigenvalue weighted by Crippen LogP contribution is 2.48. The van der Waals surface area contributed by atoms with Gasteiger partial charge in [-0.15, -0.1) is 11.3 Å². The Morgan fingerprint density at radius 1 is 1.00 bits per heavy atom. The molecule has 1 fully saturated rings. The minimum Gasteiger partial charge on any atom is -0.497 e. The third-order valence-corrected chi connectivity index (χ3v) is 9.06. The van der Waals surface area contributed by atoms with Gasteiger partial charge in [-0.25, -0.2) is 14.6 Å². The summed E-state index contributed by atoms with van der Waals surface area (Å²) in [7, 11) is 3.05. The molecule has 0 radical (unpaired) electrons. The maximum absolute atomic E-state index is 13.2. The van der Waals surface area contributed by atoms with Crippen LogP contribution in [0.5, 0.6) is 5.75 Å². The van der Waals surface area contributed by atoms with Gasteiger partial charge in [0.2, 0.25) is 0 Å². The standard InChI is InChI=1S/C34H36N2O5S/c1-34(2,3)41-32(37)21-11-13-26-27(17-21)36-18-23(31-29(33(38)40-5)35-19-42-31)15-22-16-24(39-4)12-14-25(22)30(36)28(26)20-9-7-6-8-10-20/h11-17,19-20H,6-10,18H2,1-5H3. The van der Waals surface area contributed by atoms with Gasteiger partial charge in [-0.2, -0.15) is 0 Å². The number of nitrogens with zero attached hydrogens (tertiary/aromatic N) is 2. The summed E-state index contributed by atoms with van der Waals surface area (Å²) in [6.45, 7) is 6.14. The van der Waals surface area contributed by atoms with Crippen LogP contribution < -0.4 is 4.74 Å². The van der Waals surface area contributed by atoms with Gasteiger partial charge in [-0.3, -0.25) is 0 Å². The molecule has 1 aliphatic carbocycles. The number of hydrogen-bond acceptors (Lipinski definition) is 7. The van der Waals surface area contributed by atoms with Crippen LogP contribution in [0, 0.1) is 0 Å². The molecule has 6 rings (SSSR count). The lowest BCUT2D eigenvalue weighted by Crippen LogP contribution is -2.23. The van der Waals surface area contributed by atoms with Crippen LogP contribution in [0.25, 0.3) is 33.8 Å². The molecule has 8 heteroatoms. The summed E-state index contributed by atoms with van der Waals surface area (Å²) >= 11 is 1.42. The summed E-state index contributed by atoms with van der Waals surface area (Å²) in [5.74, 6) is 0.368. The predicted octanol–water partition coefficient (Wildman–Crippen LogP) is 8.12. The average Bonchev–Trinajstić information content (AvgIpc) is 3.54. The van der Waals surface area contributed by atoms with Gasteiger partial charge in [0.15, 0.2) is 5.69 Å². The molecular formula is C34H36N2O5S. The molecule has 2 aromatic carbocycles. The van der Waals surface area contributed by atoms with Crippen LogP contribution >= 0.6 is 11.3 Å². The fourth-order valence-corrected chi connectivity index (χ4v) is 7.15. The zero-order valence-corrected chi connectivity index (χ0v) is 25.6. The lowest BCUT2D eigenvalue weighted by molar-refractivity contribution is 0.00694. The van der Waals surface area contributed by atoms with E-state index >= 15 is 0 Å². The van der Waals surface area contributed by atoms with E-state index in [-0.39, 0.29) is 5.97 Å². The SMILES string of the molecule is COC(=O)c1ncsc1C1=Cc2cc(OC)ccc2-c2c(C3CCCCC3)c3ccc(C(=O)OC(C)(C)C)cc3n2C1. The van der Waals surface area contributed by atoms with Crippen molar-refractivity contribution < 1.29 is 23.8 Å². The van der Waals surface area contributed by atoms with Crippen LogP contribution in [0.2, 0.25) is 0 Å². The summed E-state index contributed by atoms with van der Waals surface area (Å²) in [6.07, 6.45) is 8.07. The number of thiazole rings is 1. The largest absolute Gasteiger partial charge is 0.497 e. The maximum atomic E-state index is 13.2. The average molecular weight is 585 g/mol. The number of carbonyl (C=O) groups is 2. The predicted molar refractivity (Wildman–Crippen MR) is 166 cm³/mol. The fourth-order valence-electron chi connectivity index (χ4n) is 6.36. The first-order valence-corrected chi connectivity index (χ1v) is 15.4. The van der Waals surface area contributed by atoms with Crippen molar-refractivity contribution >= 4 is 45.8 Å². The van der Waals surface area contributed by atoms with Crippen LogP contribution in [0.3, 0.4) is 0 Å². The Hall–Kier alpha value is -3.91. The molecule has 3 heterocycles. The van der Waals surface area contributed by atoms with E-state index in [9.17, 15) is 9.59 Å². The number of rotatable bonds is 5. The highest BCUT2D eigenvalue weighted by Gasteiger charge is 2.31. The lowest BCUT2D eigenvalue weighted by Gasteiger charge is -2.24. The Balaban J connectivity index is 1.63. The Kier molecular flexibility index (Phi) is 7.43. The van der Waals surface area contributed by atoms with Crippen LogP contribution in [0.4, 0.5) is 0 Å².